The highest BCUT2D eigenvalue weighted by Gasteiger charge is 2.08. The SMILES string of the molecule is CCCNc1nc(Nc2ccsc2)nc(N(C)C)n1. The minimum Gasteiger partial charge on any atom is -0.354 e. The van der Waals surface area contributed by atoms with E-state index >= 15 is 0 Å². The number of nitrogens with zero attached hydrogens (tertiary/aromatic N) is 4. The van der Waals surface area contributed by atoms with Crippen LogP contribution in [-0.2, 0) is 0 Å². The molecule has 0 amide bonds. The largest absolute Gasteiger partial charge is 0.354 e. The third-order valence-electron chi connectivity index (χ3n) is 2.33. The van der Waals surface area contributed by atoms with Crippen LogP contribution < -0.4 is 15.5 Å². The van der Waals surface area contributed by atoms with Gasteiger partial charge in [-0.3, -0.25) is 0 Å². The molecule has 2 heterocycles. The molecule has 0 radical (unpaired) electrons. The highest BCUT2D eigenvalue weighted by molar-refractivity contribution is 7.08. The molecule has 0 aliphatic rings. The van der Waals surface area contributed by atoms with E-state index in [9.17, 15) is 0 Å². The molecule has 0 atom stereocenters. The Hall–Kier alpha value is -1.89. The molecule has 2 aromatic rings. The molecule has 19 heavy (non-hydrogen) atoms. The van der Waals surface area contributed by atoms with Gasteiger partial charge >= 0.3 is 0 Å². The summed E-state index contributed by atoms with van der Waals surface area (Å²) in [6.07, 6.45) is 1.02. The Balaban J connectivity index is 2.23. The van der Waals surface area contributed by atoms with Gasteiger partial charge in [-0.25, -0.2) is 0 Å². The summed E-state index contributed by atoms with van der Waals surface area (Å²) < 4.78 is 0. The van der Waals surface area contributed by atoms with Crippen LogP contribution in [-0.4, -0.2) is 35.6 Å². The Kier molecular flexibility index (Phi) is 4.51. The van der Waals surface area contributed by atoms with Crippen molar-refractivity contribution in [1.29, 1.82) is 0 Å². The first kappa shape index (κ1) is 13.5. The molecular weight excluding hydrogens is 260 g/mol. The smallest absolute Gasteiger partial charge is 0.233 e. The fourth-order valence-corrected chi connectivity index (χ4v) is 1.99. The van der Waals surface area contributed by atoms with Gasteiger partial charge in [-0.15, -0.1) is 0 Å². The molecule has 0 aliphatic heterocycles. The lowest BCUT2D eigenvalue weighted by atomic mass is 10.5. The van der Waals surface area contributed by atoms with Crippen molar-refractivity contribution >= 4 is 34.9 Å². The van der Waals surface area contributed by atoms with E-state index in [-0.39, 0.29) is 0 Å². The first-order chi connectivity index (χ1) is 9.19. The van der Waals surface area contributed by atoms with Crippen LogP contribution in [0.15, 0.2) is 16.8 Å². The van der Waals surface area contributed by atoms with Crippen molar-refractivity contribution in [2.45, 2.75) is 13.3 Å². The van der Waals surface area contributed by atoms with Crippen LogP contribution in [0.3, 0.4) is 0 Å². The number of hydrogen-bond acceptors (Lipinski definition) is 7. The van der Waals surface area contributed by atoms with E-state index in [1.165, 1.54) is 0 Å². The molecule has 7 heteroatoms. The predicted molar refractivity (Wildman–Crippen MR) is 80.5 cm³/mol. The van der Waals surface area contributed by atoms with E-state index in [1.54, 1.807) is 11.3 Å². The molecule has 2 aromatic heterocycles. The second-order valence-electron chi connectivity index (χ2n) is 4.24. The van der Waals surface area contributed by atoms with Gasteiger partial charge in [0.05, 0.1) is 5.69 Å². The number of hydrogen-bond donors (Lipinski definition) is 2. The van der Waals surface area contributed by atoms with E-state index < -0.39 is 0 Å². The number of aromatic nitrogens is 3. The van der Waals surface area contributed by atoms with Crippen molar-refractivity contribution < 1.29 is 0 Å². The number of anilines is 4. The van der Waals surface area contributed by atoms with Crippen LogP contribution in [0.2, 0.25) is 0 Å². The summed E-state index contributed by atoms with van der Waals surface area (Å²) >= 11 is 1.63. The molecule has 0 saturated heterocycles. The van der Waals surface area contributed by atoms with Crippen molar-refractivity contribution in [1.82, 2.24) is 15.0 Å². The Morgan fingerprint density at radius 3 is 2.63 bits per heavy atom. The quantitative estimate of drug-likeness (QED) is 0.846. The van der Waals surface area contributed by atoms with Gasteiger partial charge in [0.15, 0.2) is 0 Å². The second kappa shape index (κ2) is 6.33. The van der Waals surface area contributed by atoms with Crippen molar-refractivity contribution in [3.8, 4) is 0 Å². The lowest BCUT2D eigenvalue weighted by Gasteiger charge is -2.13. The summed E-state index contributed by atoms with van der Waals surface area (Å²) in [6, 6.07) is 1.99. The summed E-state index contributed by atoms with van der Waals surface area (Å²) in [5, 5.41) is 10.4. The Morgan fingerprint density at radius 2 is 2.00 bits per heavy atom. The Labute approximate surface area is 116 Å². The van der Waals surface area contributed by atoms with E-state index in [1.807, 2.05) is 35.8 Å². The maximum absolute atomic E-state index is 4.37. The highest BCUT2D eigenvalue weighted by Crippen LogP contribution is 2.18. The van der Waals surface area contributed by atoms with Gasteiger partial charge in [-0.1, -0.05) is 6.92 Å². The fraction of sp³-hybridized carbons (Fsp3) is 0.417. The Bertz CT molecular complexity index is 511. The van der Waals surface area contributed by atoms with Gasteiger partial charge in [0.25, 0.3) is 0 Å². The number of rotatable bonds is 6. The van der Waals surface area contributed by atoms with Crippen LogP contribution in [0.4, 0.5) is 23.5 Å². The van der Waals surface area contributed by atoms with Crippen LogP contribution in [0.1, 0.15) is 13.3 Å². The molecule has 6 nitrogen and oxygen atoms in total. The topological polar surface area (TPSA) is 66.0 Å². The average molecular weight is 278 g/mol. The van der Waals surface area contributed by atoms with Crippen molar-refractivity contribution in [3.63, 3.8) is 0 Å². The minimum absolute atomic E-state index is 0.552. The molecule has 2 rings (SSSR count). The van der Waals surface area contributed by atoms with Gasteiger partial charge in [-0.05, 0) is 17.9 Å². The summed E-state index contributed by atoms with van der Waals surface area (Å²) in [4.78, 5) is 14.9. The first-order valence-corrected chi connectivity index (χ1v) is 7.10. The summed E-state index contributed by atoms with van der Waals surface area (Å²) in [5.74, 6) is 1.78. The molecule has 0 bridgehead atoms. The van der Waals surface area contributed by atoms with Crippen molar-refractivity contribution in [2.24, 2.45) is 0 Å². The third-order valence-corrected chi connectivity index (χ3v) is 3.02. The molecule has 102 valence electrons. The predicted octanol–water partition coefficient (Wildman–Crippen LogP) is 2.56. The monoisotopic (exact) mass is 278 g/mol. The van der Waals surface area contributed by atoms with Crippen molar-refractivity contribution in [2.75, 3.05) is 36.2 Å². The third kappa shape index (κ3) is 3.78. The van der Waals surface area contributed by atoms with Gasteiger partial charge < -0.3 is 15.5 Å². The van der Waals surface area contributed by atoms with E-state index in [4.69, 9.17) is 0 Å². The van der Waals surface area contributed by atoms with Crippen LogP contribution in [0, 0.1) is 0 Å². The lowest BCUT2D eigenvalue weighted by molar-refractivity contribution is 0.920. The number of thiophene rings is 1. The van der Waals surface area contributed by atoms with E-state index in [0.717, 1.165) is 18.7 Å². The molecule has 0 aromatic carbocycles. The van der Waals surface area contributed by atoms with Crippen LogP contribution in [0.5, 0.6) is 0 Å². The minimum atomic E-state index is 0.552. The van der Waals surface area contributed by atoms with Crippen LogP contribution >= 0.6 is 11.3 Å². The van der Waals surface area contributed by atoms with Gasteiger partial charge in [0, 0.05) is 26.0 Å². The summed E-state index contributed by atoms with van der Waals surface area (Å²) in [7, 11) is 3.82. The Morgan fingerprint density at radius 1 is 1.21 bits per heavy atom. The molecule has 0 fully saturated rings. The summed E-state index contributed by atoms with van der Waals surface area (Å²) in [6.45, 7) is 2.94. The standard InChI is InChI=1S/C12H18N6S/c1-4-6-13-10-15-11(14-9-5-7-19-8-9)17-12(16-10)18(2)3/h5,7-8H,4,6H2,1-3H3,(H2,13,14,15,16,17). The second-order valence-corrected chi connectivity index (χ2v) is 5.02. The normalized spacial score (nSPS) is 10.3. The average Bonchev–Trinajstić information content (AvgIpc) is 2.89. The molecule has 0 saturated carbocycles. The van der Waals surface area contributed by atoms with Gasteiger partial charge in [0.2, 0.25) is 17.8 Å². The zero-order chi connectivity index (χ0) is 13.7. The van der Waals surface area contributed by atoms with E-state index in [2.05, 4.69) is 32.5 Å². The molecule has 0 spiro atoms. The lowest BCUT2D eigenvalue weighted by Crippen LogP contribution is -2.16. The maximum atomic E-state index is 4.37. The summed E-state index contributed by atoms with van der Waals surface area (Å²) in [5.41, 5.74) is 0.988. The molecule has 2 N–H and O–H groups in total. The van der Waals surface area contributed by atoms with Gasteiger partial charge in [0.1, 0.15) is 0 Å². The molecule has 0 aliphatic carbocycles. The molecular formula is C12H18N6S. The van der Waals surface area contributed by atoms with Crippen molar-refractivity contribution in [3.05, 3.63) is 16.8 Å². The number of nitrogens with one attached hydrogen (secondary N) is 2. The molecule has 0 unspecified atom stereocenters. The highest BCUT2D eigenvalue weighted by atomic mass is 32.1. The first-order valence-electron chi connectivity index (χ1n) is 6.15. The van der Waals surface area contributed by atoms with E-state index in [0.29, 0.717) is 17.8 Å². The van der Waals surface area contributed by atoms with Gasteiger partial charge in [-0.2, -0.15) is 26.3 Å². The van der Waals surface area contributed by atoms with Crippen LogP contribution in [0.25, 0.3) is 0 Å². The fourth-order valence-electron chi connectivity index (χ4n) is 1.40. The zero-order valence-corrected chi connectivity index (χ0v) is 12.2. The zero-order valence-electron chi connectivity index (χ0n) is 11.3. The maximum Gasteiger partial charge on any atom is 0.233 e.